The zero-order valence-corrected chi connectivity index (χ0v) is 11.1. The topological polar surface area (TPSA) is 46.9 Å². The van der Waals surface area contributed by atoms with Crippen molar-refractivity contribution in [2.75, 3.05) is 6.54 Å². The van der Waals surface area contributed by atoms with Crippen molar-refractivity contribution in [1.29, 1.82) is 0 Å². The summed E-state index contributed by atoms with van der Waals surface area (Å²) in [6, 6.07) is 1.98. The van der Waals surface area contributed by atoms with Gasteiger partial charge in [0.25, 0.3) is 0 Å². The average molecular weight is 237 g/mol. The largest absolute Gasteiger partial charge is 0.354 e. The van der Waals surface area contributed by atoms with Crippen LogP contribution in [0.2, 0.25) is 0 Å². The molecule has 0 spiro atoms. The second-order valence-electron chi connectivity index (χ2n) is 4.50. The van der Waals surface area contributed by atoms with Crippen LogP contribution in [0.25, 0.3) is 0 Å². The van der Waals surface area contributed by atoms with E-state index in [1.165, 1.54) is 19.3 Å². The van der Waals surface area contributed by atoms with E-state index in [1.807, 2.05) is 19.9 Å². The molecule has 0 bridgehead atoms. The van der Waals surface area contributed by atoms with Crippen LogP contribution in [0, 0.1) is 13.8 Å². The number of rotatable bonds is 7. The van der Waals surface area contributed by atoms with Gasteiger partial charge in [0, 0.05) is 12.2 Å². The number of aryl methyl sites for hydroxylation is 2. The van der Waals surface area contributed by atoms with Gasteiger partial charge in [-0.1, -0.05) is 26.2 Å². The van der Waals surface area contributed by atoms with Gasteiger partial charge >= 0.3 is 0 Å². The average Bonchev–Trinajstić information content (AvgIpc) is 2.57. The van der Waals surface area contributed by atoms with Gasteiger partial charge in [0.15, 0.2) is 0 Å². The molecule has 1 heterocycles. The number of carbonyl (C=O) groups excluding carboxylic acids is 1. The van der Waals surface area contributed by atoms with E-state index in [0.29, 0.717) is 6.54 Å². The Hall–Kier alpha value is -1.32. The van der Waals surface area contributed by atoms with Crippen LogP contribution in [0.1, 0.15) is 44.0 Å². The molecule has 0 saturated carbocycles. The molecule has 0 saturated heterocycles. The Morgan fingerprint density at radius 3 is 2.71 bits per heavy atom. The van der Waals surface area contributed by atoms with E-state index in [-0.39, 0.29) is 5.91 Å². The summed E-state index contributed by atoms with van der Waals surface area (Å²) in [6.07, 6.45) is 4.72. The fraction of sp³-hybridized carbons (Fsp3) is 0.692. The highest BCUT2D eigenvalue weighted by Crippen LogP contribution is 2.01. The molecular weight excluding hydrogens is 214 g/mol. The quantitative estimate of drug-likeness (QED) is 0.739. The van der Waals surface area contributed by atoms with Crippen molar-refractivity contribution in [1.82, 2.24) is 15.1 Å². The van der Waals surface area contributed by atoms with E-state index < -0.39 is 0 Å². The molecule has 0 radical (unpaired) electrons. The van der Waals surface area contributed by atoms with E-state index in [4.69, 9.17) is 0 Å². The van der Waals surface area contributed by atoms with Crippen molar-refractivity contribution in [3.8, 4) is 0 Å². The standard InChI is InChI=1S/C13H23N3O/c1-4-5-6-7-8-14-13(17)10-16-12(3)9-11(2)15-16/h9H,4-8,10H2,1-3H3,(H,14,17). The minimum atomic E-state index is 0.0488. The van der Waals surface area contributed by atoms with Crippen LogP contribution in [0.5, 0.6) is 0 Å². The van der Waals surface area contributed by atoms with E-state index in [2.05, 4.69) is 17.3 Å². The predicted octanol–water partition coefficient (Wildman–Crippen LogP) is 2.20. The SMILES string of the molecule is CCCCCCNC(=O)Cn1nc(C)cc1C. The summed E-state index contributed by atoms with van der Waals surface area (Å²) in [4.78, 5) is 11.6. The zero-order valence-electron chi connectivity index (χ0n) is 11.1. The second kappa shape index (κ2) is 7.09. The maximum Gasteiger partial charge on any atom is 0.241 e. The second-order valence-corrected chi connectivity index (χ2v) is 4.50. The summed E-state index contributed by atoms with van der Waals surface area (Å²) in [5, 5.41) is 7.19. The van der Waals surface area contributed by atoms with E-state index in [9.17, 15) is 4.79 Å². The first-order valence-electron chi connectivity index (χ1n) is 6.41. The third-order valence-corrected chi connectivity index (χ3v) is 2.75. The lowest BCUT2D eigenvalue weighted by Crippen LogP contribution is -2.29. The van der Waals surface area contributed by atoms with Gasteiger partial charge in [-0.3, -0.25) is 9.48 Å². The fourth-order valence-corrected chi connectivity index (χ4v) is 1.81. The van der Waals surface area contributed by atoms with Crippen LogP contribution in [0.3, 0.4) is 0 Å². The molecule has 4 nitrogen and oxygen atoms in total. The first-order valence-corrected chi connectivity index (χ1v) is 6.41. The maximum atomic E-state index is 11.6. The van der Waals surface area contributed by atoms with E-state index >= 15 is 0 Å². The molecule has 1 N–H and O–H groups in total. The van der Waals surface area contributed by atoms with Crippen LogP contribution in [-0.2, 0) is 11.3 Å². The summed E-state index contributed by atoms with van der Waals surface area (Å²) in [5.41, 5.74) is 1.99. The highest BCUT2D eigenvalue weighted by Gasteiger charge is 2.05. The number of hydrogen-bond donors (Lipinski definition) is 1. The molecular formula is C13H23N3O. The van der Waals surface area contributed by atoms with Gasteiger partial charge in [-0.2, -0.15) is 5.10 Å². The molecule has 0 unspecified atom stereocenters. The molecule has 1 rings (SSSR count). The minimum Gasteiger partial charge on any atom is -0.354 e. The number of nitrogens with zero attached hydrogens (tertiary/aromatic N) is 2. The Labute approximate surface area is 103 Å². The van der Waals surface area contributed by atoms with Gasteiger partial charge in [-0.25, -0.2) is 0 Å². The highest BCUT2D eigenvalue weighted by atomic mass is 16.2. The number of amides is 1. The summed E-state index contributed by atoms with van der Waals surface area (Å²) in [7, 11) is 0. The van der Waals surface area contributed by atoms with Crippen molar-refractivity contribution in [2.45, 2.75) is 53.0 Å². The van der Waals surface area contributed by atoms with Crippen LogP contribution >= 0.6 is 0 Å². The van der Waals surface area contributed by atoms with E-state index in [0.717, 1.165) is 24.4 Å². The molecule has 0 atom stereocenters. The van der Waals surface area contributed by atoms with Gasteiger partial charge in [0.05, 0.1) is 5.69 Å². The van der Waals surface area contributed by atoms with Crippen LogP contribution < -0.4 is 5.32 Å². The summed E-state index contributed by atoms with van der Waals surface area (Å²) in [5.74, 6) is 0.0488. The van der Waals surface area contributed by atoms with Gasteiger partial charge < -0.3 is 5.32 Å². The predicted molar refractivity (Wildman–Crippen MR) is 68.9 cm³/mol. The van der Waals surface area contributed by atoms with Crippen molar-refractivity contribution < 1.29 is 4.79 Å². The third kappa shape index (κ3) is 5.02. The van der Waals surface area contributed by atoms with Gasteiger partial charge in [-0.05, 0) is 26.3 Å². The summed E-state index contributed by atoms with van der Waals surface area (Å²) < 4.78 is 1.75. The molecule has 0 fully saturated rings. The summed E-state index contributed by atoms with van der Waals surface area (Å²) in [6.45, 7) is 7.19. The van der Waals surface area contributed by atoms with Crippen LogP contribution in [0.4, 0.5) is 0 Å². The molecule has 0 aliphatic rings. The van der Waals surface area contributed by atoms with E-state index in [1.54, 1.807) is 4.68 Å². The van der Waals surface area contributed by atoms with Crippen LogP contribution in [-0.4, -0.2) is 22.2 Å². The fourth-order valence-electron chi connectivity index (χ4n) is 1.81. The van der Waals surface area contributed by atoms with Crippen molar-refractivity contribution in [3.05, 3.63) is 17.5 Å². The number of aromatic nitrogens is 2. The zero-order chi connectivity index (χ0) is 12.7. The number of nitrogens with one attached hydrogen (secondary N) is 1. The van der Waals surface area contributed by atoms with Crippen molar-refractivity contribution in [2.24, 2.45) is 0 Å². The molecule has 1 amide bonds. The Morgan fingerprint density at radius 1 is 1.35 bits per heavy atom. The van der Waals surface area contributed by atoms with Crippen LogP contribution in [0.15, 0.2) is 6.07 Å². The Balaban J connectivity index is 2.23. The molecule has 1 aromatic heterocycles. The molecule has 0 aliphatic heterocycles. The molecule has 0 aliphatic carbocycles. The van der Waals surface area contributed by atoms with Crippen molar-refractivity contribution >= 4 is 5.91 Å². The molecule has 1 aromatic rings. The smallest absolute Gasteiger partial charge is 0.241 e. The lowest BCUT2D eigenvalue weighted by Gasteiger charge is -2.06. The molecule has 4 heteroatoms. The minimum absolute atomic E-state index is 0.0488. The third-order valence-electron chi connectivity index (χ3n) is 2.75. The number of unbranched alkanes of at least 4 members (excludes halogenated alkanes) is 3. The molecule has 96 valence electrons. The Morgan fingerprint density at radius 2 is 2.12 bits per heavy atom. The lowest BCUT2D eigenvalue weighted by molar-refractivity contribution is -0.121. The maximum absolute atomic E-state index is 11.6. The summed E-state index contributed by atoms with van der Waals surface area (Å²) >= 11 is 0. The Kier molecular flexibility index (Phi) is 5.73. The first kappa shape index (κ1) is 13.7. The first-order chi connectivity index (χ1) is 8.13. The normalized spacial score (nSPS) is 10.5. The monoisotopic (exact) mass is 237 g/mol. The van der Waals surface area contributed by atoms with Crippen molar-refractivity contribution in [3.63, 3.8) is 0 Å². The van der Waals surface area contributed by atoms with Gasteiger partial charge in [0.1, 0.15) is 6.54 Å². The number of carbonyl (C=O) groups is 1. The molecule has 17 heavy (non-hydrogen) atoms. The van der Waals surface area contributed by atoms with Gasteiger partial charge in [-0.15, -0.1) is 0 Å². The Bertz CT molecular complexity index is 358. The number of hydrogen-bond acceptors (Lipinski definition) is 2. The lowest BCUT2D eigenvalue weighted by atomic mass is 10.2. The highest BCUT2D eigenvalue weighted by molar-refractivity contribution is 5.75. The molecule has 0 aromatic carbocycles. The van der Waals surface area contributed by atoms with Gasteiger partial charge in [0.2, 0.25) is 5.91 Å².